The lowest BCUT2D eigenvalue weighted by atomic mass is 10.3. The van der Waals surface area contributed by atoms with E-state index in [-0.39, 0.29) is 0 Å². The van der Waals surface area contributed by atoms with Crippen molar-refractivity contribution < 1.29 is 0 Å². The van der Waals surface area contributed by atoms with Crippen LogP contribution in [-0.4, -0.2) is 29.0 Å². The Morgan fingerprint density at radius 1 is 1.11 bits per heavy atom. The zero-order valence-corrected chi connectivity index (χ0v) is 10.1. The van der Waals surface area contributed by atoms with Gasteiger partial charge in [-0.1, -0.05) is 0 Å². The molecule has 0 saturated carbocycles. The highest BCUT2D eigenvalue weighted by Gasteiger charge is 2.08. The van der Waals surface area contributed by atoms with Crippen LogP contribution >= 0.6 is 0 Å². The number of anilines is 3. The van der Waals surface area contributed by atoms with Gasteiger partial charge in [-0.25, -0.2) is 9.97 Å². The summed E-state index contributed by atoms with van der Waals surface area (Å²) in [5.74, 6) is 1.27. The minimum absolute atomic E-state index is 0.559. The van der Waals surface area contributed by atoms with Crippen LogP contribution in [0.1, 0.15) is 0 Å². The summed E-state index contributed by atoms with van der Waals surface area (Å²) < 4.78 is 0. The molecule has 0 aliphatic heterocycles. The van der Waals surface area contributed by atoms with Crippen LogP contribution in [0.15, 0.2) is 36.9 Å². The van der Waals surface area contributed by atoms with Gasteiger partial charge >= 0.3 is 0 Å². The monoisotopic (exact) mass is 240 g/mol. The van der Waals surface area contributed by atoms with Gasteiger partial charge in [-0.15, -0.1) is 0 Å². The van der Waals surface area contributed by atoms with E-state index in [0.717, 1.165) is 5.69 Å². The first-order valence-electron chi connectivity index (χ1n) is 5.31. The molecule has 2 aromatic heterocycles. The quantitative estimate of drug-likeness (QED) is 0.599. The van der Waals surface area contributed by atoms with Gasteiger partial charge in [-0.3, -0.25) is 9.88 Å². The van der Waals surface area contributed by atoms with Crippen molar-refractivity contribution in [3.63, 3.8) is 0 Å². The second kappa shape index (κ2) is 5.10. The first kappa shape index (κ1) is 11.8. The molecule has 2 aromatic rings. The van der Waals surface area contributed by atoms with E-state index in [0.29, 0.717) is 11.6 Å². The van der Waals surface area contributed by atoms with Crippen LogP contribution in [0.3, 0.4) is 0 Å². The molecule has 0 amide bonds. The average Bonchev–Trinajstić information content (AvgIpc) is 2.46. The van der Waals surface area contributed by atoms with Gasteiger partial charge in [0.05, 0.1) is 0 Å². The van der Waals surface area contributed by atoms with Gasteiger partial charge in [0.1, 0.15) is 18.0 Å². The van der Waals surface area contributed by atoms with Crippen molar-refractivity contribution >= 4 is 17.3 Å². The summed E-state index contributed by atoms with van der Waals surface area (Å²) in [6, 6.07) is 5.52. The predicted octanol–water partition coefficient (Wildman–Crippen LogP) is 1.56. The second-order valence-corrected chi connectivity index (χ2v) is 3.66. The number of hydrogen-bond donors (Lipinski definition) is 0. The average molecular weight is 240 g/mol. The summed E-state index contributed by atoms with van der Waals surface area (Å²) in [5.41, 5.74) is 0.967. The van der Waals surface area contributed by atoms with Gasteiger partial charge in [-0.05, 0) is 12.1 Å². The van der Waals surface area contributed by atoms with Crippen molar-refractivity contribution in [2.75, 3.05) is 23.9 Å². The van der Waals surface area contributed by atoms with Crippen LogP contribution in [0.25, 0.3) is 0 Å². The number of nitrogens with zero attached hydrogens (tertiary/aromatic N) is 6. The number of pyridine rings is 1. The molecule has 0 bridgehead atoms. The molecule has 0 aliphatic carbocycles. The Morgan fingerprint density at radius 2 is 1.78 bits per heavy atom. The van der Waals surface area contributed by atoms with E-state index in [4.69, 9.17) is 5.26 Å². The molecule has 0 aromatic carbocycles. The van der Waals surface area contributed by atoms with E-state index in [9.17, 15) is 0 Å². The predicted molar refractivity (Wildman–Crippen MR) is 68.3 cm³/mol. The summed E-state index contributed by atoms with van der Waals surface area (Å²) in [5, 5.41) is 8.83. The number of aromatic nitrogens is 3. The molecule has 2 heterocycles. The van der Waals surface area contributed by atoms with E-state index in [1.165, 1.54) is 11.2 Å². The Hall–Kier alpha value is -2.68. The number of hydrogen-bond acceptors (Lipinski definition) is 6. The van der Waals surface area contributed by atoms with Gasteiger partial charge in [0.2, 0.25) is 0 Å². The first-order valence-corrected chi connectivity index (χ1v) is 5.31. The van der Waals surface area contributed by atoms with Crippen molar-refractivity contribution in [2.24, 2.45) is 0 Å². The highest BCUT2D eigenvalue weighted by Crippen LogP contribution is 2.22. The normalized spacial score (nSPS) is 9.61. The minimum Gasteiger partial charge on any atom is -0.329 e. The summed E-state index contributed by atoms with van der Waals surface area (Å²) in [6.07, 6.45) is 6.88. The topological polar surface area (TPSA) is 68.9 Å². The number of nitriles is 1. The van der Waals surface area contributed by atoms with Gasteiger partial charge in [0, 0.05) is 38.2 Å². The molecule has 0 radical (unpaired) electrons. The van der Waals surface area contributed by atoms with Gasteiger partial charge in [0.25, 0.3) is 0 Å². The van der Waals surface area contributed by atoms with E-state index in [1.54, 1.807) is 25.5 Å². The van der Waals surface area contributed by atoms with Crippen molar-refractivity contribution in [2.45, 2.75) is 0 Å². The van der Waals surface area contributed by atoms with Gasteiger partial charge in [-0.2, -0.15) is 5.26 Å². The molecule has 0 atom stereocenters. The molecule has 0 N–H and O–H groups in total. The highest BCUT2D eigenvalue weighted by molar-refractivity contribution is 5.61. The van der Waals surface area contributed by atoms with Crippen LogP contribution in [0.4, 0.5) is 17.3 Å². The van der Waals surface area contributed by atoms with Crippen LogP contribution in [0.2, 0.25) is 0 Å². The fourth-order valence-corrected chi connectivity index (χ4v) is 1.46. The first-order chi connectivity index (χ1) is 8.72. The standard InChI is InChI=1S/C12H12N6/c1-17(8-13)11-7-12(16-9-15-11)18(2)10-3-5-14-6-4-10/h3-7,9H,1-2H3. The highest BCUT2D eigenvalue weighted by atomic mass is 15.2. The van der Waals surface area contributed by atoms with Crippen LogP contribution in [0, 0.1) is 11.5 Å². The van der Waals surface area contributed by atoms with Gasteiger partial charge < -0.3 is 4.90 Å². The zero-order valence-electron chi connectivity index (χ0n) is 10.1. The SMILES string of the molecule is CN(C#N)c1cc(N(C)c2ccncc2)ncn1. The Labute approximate surface area is 105 Å². The Balaban J connectivity index is 2.32. The smallest absolute Gasteiger partial charge is 0.185 e. The molecule has 0 saturated heterocycles. The van der Waals surface area contributed by atoms with Crippen molar-refractivity contribution in [3.05, 3.63) is 36.9 Å². The van der Waals surface area contributed by atoms with Crippen molar-refractivity contribution in [1.82, 2.24) is 15.0 Å². The van der Waals surface area contributed by atoms with Crippen LogP contribution in [-0.2, 0) is 0 Å². The molecule has 18 heavy (non-hydrogen) atoms. The lowest BCUT2D eigenvalue weighted by Crippen LogP contribution is -2.14. The summed E-state index contributed by atoms with van der Waals surface area (Å²) in [4.78, 5) is 15.5. The lowest BCUT2D eigenvalue weighted by Gasteiger charge is -2.18. The molecule has 0 unspecified atom stereocenters. The fourth-order valence-electron chi connectivity index (χ4n) is 1.46. The van der Waals surface area contributed by atoms with E-state index in [1.807, 2.05) is 30.3 Å². The Morgan fingerprint density at radius 3 is 2.44 bits per heavy atom. The Bertz CT molecular complexity index is 562. The third-order valence-electron chi connectivity index (χ3n) is 2.53. The molecule has 2 rings (SSSR count). The summed E-state index contributed by atoms with van der Waals surface area (Å²) in [7, 11) is 3.55. The van der Waals surface area contributed by atoms with E-state index < -0.39 is 0 Å². The van der Waals surface area contributed by atoms with E-state index in [2.05, 4.69) is 15.0 Å². The van der Waals surface area contributed by atoms with Crippen molar-refractivity contribution in [3.8, 4) is 6.19 Å². The Kier molecular flexibility index (Phi) is 3.34. The molecule has 0 spiro atoms. The fraction of sp³-hybridized carbons (Fsp3) is 0.167. The maximum atomic E-state index is 8.83. The minimum atomic E-state index is 0.559. The zero-order chi connectivity index (χ0) is 13.0. The molecule has 90 valence electrons. The molecular weight excluding hydrogens is 228 g/mol. The second-order valence-electron chi connectivity index (χ2n) is 3.66. The molecule has 0 fully saturated rings. The molecule has 6 nitrogen and oxygen atoms in total. The largest absolute Gasteiger partial charge is 0.329 e. The third-order valence-corrected chi connectivity index (χ3v) is 2.53. The maximum absolute atomic E-state index is 8.83. The molecule has 0 aliphatic rings. The third kappa shape index (κ3) is 2.35. The molecule has 6 heteroatoms. The van der Waals surface area contributed by atoms with Crippen LogP contribution in [0.5, 0.6) is 0 Å². The van der Waals surface area contributed by atoms with Crippen LogP contribution < -0.4 is 9.80 Å². The molecular formula is C12H12N6. The summed E-state index contributed by atoms with van der Waals surface area (Å²) >= 11 is 0. The number of rotatable bonds is 3. The van der Waals surface area contributed by atoms with Crippen molar-refractivity contribution in [1.29, 1.82) is 5.26 Å². The summed E-state index contributed by atoms with van der Waals surface area (Å²) in [6.45, 7) is 0. The lowest BCUT2D eigenvalue weighted by molar-refractivity contribution is 1.04. The van der Waals surface area contributed by atoms with Gasteiger partial charge in [0.15, 0.2) is 6.19 Å². The maximum Gasteiger partial charge on any atom is 0.185 e. The van der Waals surface area contributed by atoms with E-state index >= 15 is 0 Å².